The van der Waals surface area contributed by atoms with Gasteiger partial charge in [0.15, 0.2) is 11.5 Å². The molecule has 2 aromatic rings. The predicted molar refractivity (Wildman–Crippen MR) is 66.9 cm³/mol. The fourth-order valence-corrected chi connectivity index (χ4v) is 2.20. The van der Waals surface area contributed by atoms with Gasteiger partial charge in [0, 0.05) is 17.0 Å². The molecule has 1 heterocycles. The smallest absolute Gasteiger partial charge is 0.358 e. The summed E-state index contributed by atoms with van der Waals surface area (Å²) in [7, 11) is 0. The lowest BCUT2D eigenvalue weighted by atomic mass is 9.95. The summed E-state index contributed by atoms with van der Waals surface area (Å²) in [5, 5.41) is 21.8. The Balaban J connectivity index is 1.96. The largest absolute Gasteiger partial charge is 0.476 e. The highest BCUT2D eigenvalue weighted by atomic mass is 16.5. The Morgan fingerprint density at radius 3 is 2.74 bits per heavy atom. The zero-order chi connectivity index (χ0) is 13.5. The fourth-order valence-electron chi connectivity index (χ4n) is 2.20. The first-order valence-corrected chi connectivity index (χ1v) is 6.06. The number of carboxylic acid groups (broad SMARTS) is 1. The van der Waals surface area contributed by atoms with E-state index >= 15 is 0 Å². The summed E-state index contributed by atoms with van der Waals surface area (Å²) >= 11 is 0. The maximum absolute atomic E-state index is 10.8. The van der Waals surface area contributed by atoms with Crippen LogP contribution in [0.1, 0.15) is 28.9 Å². The van der Waals surface area contributed by atoms with Gasteiger partial charge >= 0.3 is 5.97 Å². The van der Waals surface area contributed by atoms with Gasteiger partial charge < -0.3 is 14.7 Å². The van der Waals surface area contributed by atoms with Crippen LogP contribution in [-0.2, 0) is 5.41 Å². The van der Waals surface area contributed by atoms with E-state index in [-0.39, 0.29) is 17.7 Å². The number of rotatable bonds is 4. The predicted octanol–water partition coefficient (Wildman–Crippen LogP) is 2.06. The van der Waals surface area contributed by atoms with Crippen molar-refractivity contribution < 1.29 is 19.5 Å². The topological polar surface area (TPSA) is 83.6 Å². The summed E-state index contributed by atoms with van der Waals surface area (Å²) in [6.07, 6.45) is 1.95. The molecule has 1 saturated carbocycles. The van der Waals surface area contributed by atoms with Crippen LogP contribution in [0.5, 0.6) is 0 Å². The van der Waals surface area contributed by atoms with Gasteiger partial charge in [0.1, 0.15) is 0 Å². The molecule has 1 aromatic carbocycles. The molecule has 0 aliphatic heterocycles. The molecule has 0 spiro atoms. The van der Waals surface area contributed by atoms with E-state index in [2.05, 4.69) is 5.16 Å². The minimum absolute atomic E-state index is 0.108. The molecule has 5 heteroatoms. The SMILES string of the molecule is O=C(O)c1cc(-c2cccc(C3(CO)CC3)c2)on1. The third kappa shape index (κ3) is 2.02. The van der Waals surface area contributed by atoms with Gasteiger partial charge in [0.05, 0.1) is 6.61 Å². The van der Waals surface area contributed by atoms with Crippen LogP contribution in [0.3, 0.4) is 0 Å². The van der Waals surface area contributed by atoms with Gasteiger partial charge in [-0.25, -0.2) is 4.79 Å². The first kappa shape index (κ1) is 11.9. The summed E-state index contributed by atoms with van der Waals surface area (Å²) in [6, 6.07) is 9.02. The van der Waals surface area contributed by atoms with Gasteiger partial charge in [0.25, 0.3) is 0 Å². The molecule has 2 N–H and O–H groups in total. The molecule has 1 fully saturated rings. The minimum atomic E-state index is -1.11. The van der Waals surface area contributed by atoms with Crippen molar-refractivity contribution in [1.29, 1.82) is 0 Å². The molecule has 0 bridgehead atoms. The Morgan fingerprint density at radius 1 is 1.37 bits per heavy atom. The van der Waals surface area contributed by atoms with Gasteiger partial charge in [-0.15, -0.1) is 0 Å². The van der Waals surface area contributed by atoms with Gasteiger partial charge in [-0.05, 0) is 24.5 Å². The Hall–Kier alpha value is -2.14. The number of aromatic nitrogens is 1. The van der Waals surface area contributed by atoms with Crippen LogP contribution in [0, 0.1) is 0 Å². The third-order valence-electron chi connectivity index (χ3n) is 3.64. The van der Waals surface area contributed by atoms with E-state index < -0.39 is 5.97 Å². The molecule has 98 valence electrons. The van der Waals surface area contributed by atoms with Crippen LogP contribution in [0.2, 0.25) is 0 Å². The second kappa shape index (κ2) is 4.20. The number of benzene rings is 1. The molecule has 0 atom stereocenters. The van der Waals surface area contributed by atoms with Gasteiger partial charge in [-0.1, -0.05) is 23.4 Å². The average Bonchev–Trinajstić information content (AvgIpc) is 3.07. The van der Waals surface area contributed by atoms with Crippen molar-refractivity contribution in [3.05, 3.63) is 41.6 Å². The molecule has 19 heavy (non-hydrogen) atoms. The quantitative estimate of drug-likeness (QED) is 0.878. The highest BCUT2D eigenvalue weighted by Gasteiger charge is 2.43. The van der Waals surface area contributed by atoms with Crippen molar-refractivity contribution in [2.24, 2.45) is 0 Å². The van der Waals surface area contributed by atoms with Crippen LogP contribution >= 0.6 is 0 Å². The van der Waals surface area contributed by atoms with E-state index in [0.717, 1.165) is 24.0 Å². The number of nitrogens with zero attached hydrogens (tertiary/aromatic N) is 1. The van der Waals surface area contributed by atoms with Gasteiger partial charge in [-0.2, -0.15) is 0 Å². The third-order valence-corrected chi connectivity index (χ3v) is 3.64. The highest BCUT2D eigenvalue weighted by molar-refractivity contribution is 5.86. The molecular formula is C14H13NO4. The molecular weight excluding hydrogens is 246 g/mol. The Kier molecular flexibility index (Phi) is 2.64. The summed E-state index contributed by atoms with van der Waals surface area (Å²) in [5.41, 5.74) is 1.60. The number of hydrogen-bond donors (Lipinski definition) is 2. The van der Waals surface area contributed by atoms with Crippen molar-refractivity contribution in [3.8, 4) is 11.3 Å². The lowest BCUT2D eigenvalue weighted by molar-refractivity contribution is 0.0686. The number of carboxylic acids is 1. The van der Waals surface area contributed by atoms with Gasteiger partial charge in [0.2, 0.25) is 0 Å². The molecule has 0 amide bonds. The zero-order valence-electron chi connectivity index (χ0n) is 10.2. The van der Waals surface area contributed by atoms with Gasteiger partial charge in [-0.3, -0.25) is 0 Å². The van der Waals surface area contributed by atoms with E-state index in [1.165, 1.54) is 6.07 Å². The van der Waals surface area contributed by atoms with Crippen LogP contribution in [0.25, 0.3) is 11.3 Å². The molecule has 0 saturated heterocycles. The Morgan fingerprint density at radius 2 is 2.16 bits per heavy atom. The molecule has 1 aliphatic rings. The van der Waals surface area contributed by atoms with Crippen LogP contribution in [-0.4, -0.2) is 27.9 Å². The molecule has 1 aliphatic carbocycles. The number of hydrogen-bond acceptors (Lipinski definition) is 4. The van der Waals surface area contributed by atoms with Crippen molar-refractivity contribution in [2.75, 3.05) is 6.61 Å². The maximum Gasteiger partial charge on any atom is 0.358 e. The Bertz CT molecular complexity index is 628. The van der Waals surface area contributed by atoms with Crippen molar-refractivity contribution in [1.82, 2.24) is 5.16 Å². The molecule has 3 rings (SSSR count). The van der Waals surface area contributed by atoms with Crippen molar-refractivity contribution >= 4 is 5.97 Å². The first-order valence-electron chi connectivity index (χ1n) is 6.06. The number of aromatic carboxylic acids is 1. The fraction of sp³-hybridized carbons (Fsp3) is 0.286. The summed E-state index contributed by atoms with van der Waals surface area (Å²) in [6.45, 7) is 0.132. The maximum atomic E-state index is 10.8. The summed E-state index contributed by atoms with van der Waals surface area (Å²) in [5.74, 6) is -0.687. The van der Waals surface area contributed by atoms with E-state index in [9.17, 15) is 9.90 Å². The van der Waals surface area contributed by atoms with Crippen molar-refractivity contribution in [3.63, 3.8) is 0 Å². The van der Waals surface area contributed by atoms with Crippen LogP contribution in [0.4, 0.5) is 0 Å². The molecule has 0 unspecified atom stereocenters. The van der Waals surface area contributed by atoms with E-state index in [4.69, 9.17) is 9.63 Å². The van der Waals surface area contributed by atoms with E-state index in [0.29, 0.717) is 5.76 Å². The number of aliphatic hydroxyl groups is 1. The molecule has 1 aromatic heterocycles. The average molecular weight is 259 g/mol. The minimum Gasteiger partial charge on any atom is -0.476 e. The van der Waals surface area contributed by atoms with E-state index in [1.807, 2.05) is 24.3 Å². The monoisotopic (exact) mass is 259 g/mol. The first-order chi connectivity index (χ1) is 9.14. The van der Waals surface area contributed by atoms with E-state index in [1.54, 1.807) is 0 Å². The second-order valence-electron chi connectivity index (χ2n) is 4.90. The molecule has 0 radical (unpaired) electrons. The molecule has 5 nitrogen and oxygen atoms in total. The lowest BCUT2D eigenvalue weighted by Gasteiger charge is -2.12. The standard InChI is InChI=1S/C14H13NO4/c16-8-14(4-5-14)10-3-1-2-9(6-10)12-7-11(13(17)18)15-19-12/h1-3,6-7,16H,4-5,8H2,(H,17,18). The highest BCUT2D eigenvalue weighted by Crippen LogP contribution is 2.48. The summed E-state index contributed by atoms with van der Waals surface area (Å²) < 4.78 is 5.04. The zero-order valence-corrected chi connectivity index (χ0v) is 10.2. The normalized spacial score (nSPS) is 16.3. The van der Waals surface area contributed by atoms with Crippen LogP contribution in [0.15, 0.2) is 34.9 Å². The second-order valence-corrected chi connectivity index (χ2v) is 4.90. The lowest BCUT2D eigenvalue weighted by Crippen LogP contribution is -2.11. The summed E-state index contributed by atoms with van der Waals surface area (Å²) in [4.78, 5) is 10.8. The Labute approximate surface area is 109 Å². The van der Waals surface area contributed by atoms with Crippen LogP contribution < -0.4 is 0 Å². The van der Waals surface area contributed by atoms with Crippen molar-refractivity contribution in [2.45, 2.75) is 18.3 Å². The number of aliphatic hydroxyl groups excluding tert-OH is 1. The number of carbonyl (C=O) groups is 1.